The van der Waals surface area contributed by atoms with E-state index in [1.807, 2.05) is 48.5 Å². The minimum absolute atomic E-state index is 0. The van der Waals surface area contributed by atoms with Gasteiger partial charge in [0.15, 0.2) is 0 Å². The summed E-state index contributed by atoms with van der Waals surface area (Å²) in [5.41, 5.74) is 2.35. The maximum atomic E-state index is 9.38. The second-order valence-electron chi connectivity index (χ2n) is 5.37. The van der Waals surface area contributed by atoms with Gasteiger partial charge in [-0.25, -0.2) is 0 Å². The van der Waals surface area contributed by atoms with E-state index in [0.29, 0.717) is 12.4 Å². The van der Waals surface area contributed by atoms with Crippen LogP contribution >= 0.6 is 11.6 Å². The van der Waals surface area contributed by atoms with Gasteiger partial charge < -0.3 is 19.7 Å². The summed E-state index contributed by atoms with van der Waals surface area (Å²) in [6.45, 7) is 0.608. The topological polar surface area (TPSA) is 58.9 Å². The van der Waals surface area contributed by atoms with Crippen LogP contribution in [0, 0.1) is 6.42 Å². The van der Waals surface area contributed by atoms with Gasteiger partial charge in [0.2, 0.25) is 0 Å². The molecule has 2 aromatic carbocycles. The van der Waals surface area contributed by atoms with Crippen molar-refractivity contribution in [3.63, 3.8) is 0 Å². The Bertz CT molecular complexity index is 589. The number of rotatable bonds is 10. The first-order valence-corrected chi connectivity index (χ1v) is 8.34. The molecule has 0 saturated heterocycles. The summed E-state index contributed by atoms with van der Waals surface area (Å²) in [5.74, 6) is 1.66. The molecule has 0 aliphatic heterocycles. The largest absolute Gasteiger partial charge is 0.525 e. The Balaban J connectivity index is 0.00000312. The fourth-order valence-electron chi connectivity index (χ4n) is 2.09. The van der Waals surface area contributed by atoms with Crippen molar-refractivity contribution >= 4 is 11.6 Å². The van der Waals surface area contributed by atoms with Gasteiger partial charge in [0.05, 0.1) is 5.88 Å². The fourth-order valence-corrected chi connectivity index (χ4v) is 2.18. The van der Waals surface area contributed by atoms with Crippen molar-refractivity contribution in [2.45, 2.75) is 12.5 Å². The second-order valence-corrected chi connectivity index (χ2v) is 5.67. The Morgan fingerprint density at radius 3 is 1.92 bits per heavy atom. The van der Waals surface area contributed by atoms with Crippen LogP contribution in [0.25, 0.3) is 0 Å². The first-order valence-electron chi connectivity index (χ1n) is 7.81. The van der Waals surface area contributed by atoms with Gasteiger partial charge >= 0.3 is 0 Å². The van der Waals surface area contributed by atoms with Crippen molar-refractivity contribution in [2.24, 2.45) is 0 Å². The summed E-state index contributed by atoms with van der Waals surface area (Å²) in [5, 5.41) is 18.1. The molecule has 0 saturated carbocycles. The third kappa shape index (κ3) is 8.24. The minimum atomic E-state index is -0.651. The predicted octanol–water partition coefficient (Wildman–Crippen LogP) is 2.83. The minimum Gasteiger partial charge on any atom is -0.525 e. The summed E-state index contributed by atoms with van der Waals surface area (Å²) in [7, 11) is 0. The number of aliphatic hydroxyl groups is 2. The van der Waals surface area contributed by atoms with Gasteiger partial charge in [0.1, 0.15) is 24.2 Å². The number of aliphatic hydroxyl groups excluding tert-OH is 2. The monoisotopic (exact) mass is 533 g/mol. The normalized spacial score (nSPS) is 11.5. The molecule has 136 valence electrons. The smallest absolute Gasteiger partial charge is 0.119 e. The van der Waals surface area contributed by atoms with Gasteiger partial charge in [0, 0.05) is 21.1 Å². The zero-order valence-electron chi connectivity index (χ0n) is 13.8. The molecular weight excluding hydrogens is 511 g/mol. The van der Waals surface area contributed by atoms with Crippen LogP contribution in [0.5, 0.6) is 11.5 Å². The van der Waals surface area contributed by atoms with E-state index in [9.17, 15) is 5.11 Å². The Morgan fingerprint density at radius 2 is 1.44 bits per heavy atom. The van der Waals surface area contributed by atoms with Gasteiger partial charge in [-0.2, -0.15) is 0 Å². The number of hydrogen-bond donors (Lipinski definition) is 2. The molecule has 0 aliphatic rings. The molecule has 1 atom stereocenters. The van der Waals surface area contributed by atoms with Gasteiger partial charge in [0.25, 0.3) is 0 Å². The van der Waals surface area contributed by atoms with Gasteiger partial charge in [-0.15, -0.1) is 11.6 Å². The number of ether oxygens (including phenoxy) is 2. The van der Waals surface area contributed by atoms with E-state index in [2.05, 4.69) is 0 Å². The maximum Gasteiger partial charge on any atom is 0.119 e. The third-order valence-corrected chi connectivity index (χ3v) is 3.73. The van der Waals surface area contributed by atoms with Gasteiger partial charge in [-0.3, -0.25) is 6.42 Å². The molecule has 0 fully saturated rings. The molecule has 2 aromatic rings. The molecule has 2 N–H and O–H groups in total. The van der Waals surface area contributed by atoms with Crippen molar-refractivity contribution in [2.75, 3.05) is 25.7 Å². The number of halogens is 1. The molecule has 1 unspecified atom stereocenters. The average Bonchev–Trinajstić information content (AvgIpc) is 2.62. The number of benzene rings is 2. The SMILES string of the molecule is OC[CH-]COc1ccc(Cc2ccc(OCC(O)CCl)cc2)cc1.[W]. The fraction of sp³-hybridized carbons (Fsp3) is 0.316. The van der Waals surface area contributed by atoms with Crippen LogP contribution in [-0.2, 0) is 27.5 Å². The van der Waals surface area contributed by atoms with Crippen LogP contribution in [0.1, 0.15) is 11.1 Å². The molecule has 0 heterocycles. The molecule has 4 nitrogen and oxygen atoms in total. The van der Waals surface area contributed by atoms with Crippen LogP contribution in [0.2, 0.25) is 0 Å². The van der Waals surface area contributed by atoms with Crippen molar-refractivity contribution in [1.29, 1.82) is 0 Å². The van der Waals surface area contributed by atoms with Crippen LogP contribution in [0.15, 0.2) is 48.5 Å². The predicted molar refractivity (Wildman–Crippen MR) is 94.8 cm³/mol. The Kier molecular flexibility index (Phi) is 10.8. The molecular formula is C19H22ClO4W-. The van der Waals surface area contributed by atoms with E-state index in [1.54, 1.807) is 6.42 Å². The first kappa shape index (κ1) is 22.0. The van der Waals surface area contributed by atoms with Crippen LogP contribution in [0.4, 0.5) is 0 Å². The second kappa shape index (κ2) is 12.3. The molecule has 0 aliphatic carbocycles. The van der Waals surface area contributed by atoms with E-state index in [4.69, 9.17) is 26.2 Å². The first-order chi connectivity index (χ1) is 11.7. The van der Waals surface area contributed by atoms with E-state index >= 15 is 0 Å². The molecule has 0 aromatic heterocycles. The summed E-state index contributed by atoms with van der Waals surface area (Å²) in [6, 6.07) is 15.7. The Hall–Kier alpha value is -1.06. The molecule has 0 spiro atoms. The molecule has 0 radical (unpaired) electrons. The van der Waals surface area contributed by atoms with Crippen molar-refractivity contribution < 1.29 is 40.8 Å². The van der Waals surface area contributed by atoms with Crippen molar-refractivity contribution in [3.8, 4) is 11.5 Å². The standard InChI is InChI=1S/C19H22ClO4.W/c20-13-17(22)14-24-19-8-4-16(5-9-19)12-15-2-6-18(7-3-15)23-11-1-10-21;/h1-9,17,21-22H,10-14H2;/q-1;. The number of hydrogen-bond acceptors (Lipinski definition) is 4. The maximum absolute atomic E-state index is 9.38. The van der Waals surface area contributed by atoms with E-state index in [1.165, 1.54) is 11.1 Å². The quantitative estimate of drug-likeness (QED) is 0.280. The zero-order valence-corrected chi connectivity index (χ0v) is 17.5. The average molecular weight is 534 g/mol. The molecule has 0 amide bonds. The third-order valence-electron chi connectivity index (χ3n) is 3.37. The van der Waals surface area contributed by atoms with Gasteiger partial charge in [-0.1, -0.05) is 30.9 Å². The van der Waals surface area contributed by atoms with Crippen molar-refractivity contribution in [3.05, 3.63) is 66.1 Å². The van der Waals surface area contributed by atoms with E-state index in [-0.39, 0.29) is 40.2 Å². The van der Waals surface area contributed by atoms with Crippen molar-refractivity contribution in [1.82, 2.24) is 0 Å². The van der Waals surface area contributed by atoms with Gasteiger partial charge in [-0.05, 0) is 48.4 Å². The van der Waals surface area contributed by atoms with Crippen LogP contribution < -0.4 is 9.47 Å². The summed E-state index contributed by atoms with van der Waals surface area (Å²) < 4.78 is 10.9. The molecule has 2 rings (SSSR count). The van der Waals surface area contributed by atoms with Crippen LogP contribution in [0.3, 0.4) is 0 Å². The molecule has 0 bridgehead atoms. The summed E-state index contributed by atoms with van der Waals surface area (Å²) in [6.07, 6.45) is 1.82. The molecule has 6 heteroatoms. The molecule has 25 heavy (non-hydrogen) atoms. The number of alkyl halides is 1. The van der Waals surface area contributed by atoms with E-state index in [0.717, 1.165) is 12.2 Å². The summed E-state index contributed by atoms with van der Waals surface area (Å²) >= 11 is 5.53. The van der Waals surface area contributed by atoms with E-state index < -0.39 is 6.10 Å². The summed E-state index contributed by atoms with van der Waals surface area (Å²) in [4.78, 5) is 0. The Labute approximate surface area is 168 Å². The zero-order chi connectivity index (χ0) is 17.2. The van der Waals surface area contributed by atoms with Crippen LogP contribution in [-0.4, -0.2) is 42.0 Å². The Morgan fingerprint density at radius 1 is 0.920 bits per heavy atom.